The molecule has 1 unspecified atom stereocenters. The molecule has 3 rings (SSSR count). The van der Waals surface area contributed by atoms with Crippen molar-refractivity contribution in [2.24, 2.45) is 0 Å². The number of carbonyl (C=O) groups is 1. The number of nitrogens with zero attached hydrogens (tertiary/aromatic N) is 2. The van der Waals surface area contributed by atoms with Crippen molar-refractivity contribution >= 4 is 11.6 Å². The van der Waals surface area contributed by atoms with Crippen LogP contribution < -0.4 is 20.3 Å². The lowest BCUT2D eigenvalue weighted by atomic mass is 10.1. The third kappa shape index (κ3) is 4.68. The molecule has 1 N–H and O–H groups in total. The lowest BCUT2D eigenvalue weighted by Gasteiger charge is -2.18. The summed E-state index contributed by atoms with van der Waals surface area (Å²) in [4.78, 5) is 25.5. The molecule has 1 amide bonds. The number of amides is 1. The van der Waals surface area contributed by atoms with Crippen LogP contribution in [-0.2, 0) is 4.79 Å². The molecule has 0 bridgehead atoms. The van der Waals surface area contributed by atoms with Crippen LogP contribution >= 0.6 is 0 Å². The van der Waals surface area contributed by atoms with Crippen LogP contribution in [0, 0.1) is 6.92 Å². The van der Waals surface area contributed by atoms with Crippen LogP contribution in [0.4, 0.5) is 5.69 Å². The van der Waals surface area contributed by atoms with Gasteiger partial charge in [-0.25, -0.2) is 4.68 Å². The van der Waals surface area contributed by atoms with Gasteiger partial charge in [-0.05, 0) is 19.4 Å². The topological polar surface area (TPSA) is 82.4 Å². The minimum Gasteiger partial charge on any atom is -0.497 e. The molecule has 7 heteroatoms. The van der Waals surface area contributed by atoms with Crippen molar-refractivity contribution in [1.29, 1.82) is 0 Å². The summed E-state index contributed by atoms with van der Waals surface area (Å²) in [7, 11) is 3.07. The summed E-state index contributed by atoms with van der Waals surface area (Å²) in [6.07, 6.45) is 0.400. The molecule has 0 aliphatic carbocycles. The molecule has 3 aromatic rings. The van der Waals surface area contributed by atoms with Gasteiger partial charge in [0.2, 0.25) is 5.91 Å². The quantitative estimate of drug-likeness (QED) is 0.644. The number of hydrogen-bond acceptors (Lipinski definition) is 5. The average Bonchev–Trinajstić information content (AvgIpc) is 2.75. The van der Waals surface area contributed by atoms with Crippen LogP contribution in [0.3, 0.4) is 0 Å². The second-order valence-electron chi connectivity index (χ2n) is 6.88. The third-order valence-electron chi connectivity index (χ3n) is 4.78. The van der Waals surface area contributed by atoms with Crippen LogP contribution in [0.5, 0.6) is 11.5 Å². The van der Waals surface area contributed by atoms with Gasteiger partial charge in [-0.2, -0.15) is 5.10 Å². The van der Waals surface area contributed by atoms with Crippen molar-refractivity contribution in [1.82, 2.24) is 9.78 Å². The molecule has 0 fully saturated rings. The molecule has 0 aliphatic heterocycles. The summed E-state index contributed by atoms with van der Waals surface area (Å²) in [5.41, 5.74) is 2.81. The number of methoxy groups -OCH3 is 2. The monoisotopic (exact) mass is 407 g/mol. The number of aryl methyl sites for hydroxylation is 1. The van der Waals surface area contributed by atoms with E-state index in [9.17, 15) is 9.59 Å². The lowest BCUT2D eigenvalue weighted by Crippen LogP contribution is -2.34. The normalized spacial score (nSPS) is 11.6. The molecule has 30 heavy (non-hydrogen) atoms. The van der Waals surface area contributed by atoms with Crippen molar-refractivity contribution in [3.8, 4) is 22.8 Å². The summed E-state index contributed by atoms with van der Waals surface area (Å²) in [5.74, 6) is 0.757. The van der Waals surface area contributed by atoms with Crippen LogP contribution in [0.15, 0.2) is 59.4 Å². The number of carbonyl (C=O) groups excluding carboxylic acids is 1. The lowest BCUT2D eigenvalue weighted by molar-refractivity contribution is -0.119. The number of benzene rings is 2. The van der Waals surface area contributed by atoms with Gasteiger partial charge in [-0.3, -0.25) is 9.59 Å². The highest BCUT2D eigenvalue weighted by molar-refractivity contribution is 5.94. The van der Waals surface area contributed by atoms with Crippen LogP contribution in [0.25, 0.3) is 11.3 Å². The molecule has 1 atom stereocenters. The second kappa shape index (κ2) is 9.26. The van der Waals surface area contributed by atoms with Crippen molar-refractivity contribution in [3.63, 3.8) is 0 Å². The molecule has 0 saturated heterocycles. The Kier molecular flexibility index (Phi) is 6.51. The van der Waals surface area contributed by atoms with Gasteiger partial charge in [-0.1, -0.05) is 36.8 Å². The maximum atomic E-state index is 13.0. The van der Waals surface area contributed by atoms with Crippen molar-refractivity contribution in [3.05, 3.63) is 70.5 Å². The van der Waals surface area contributed by atoms with Gasteiger partial charge >= 0.3 is 0 Å². The summed E-state index contributed by atoms with van der Waals surface area (Å²) in [6, 6.07) is 15.3. The SMILES string of the molecule is CCC(C(=O)Nc1cc(OC)cc(OC)c1)n1nc(-c2ccc(C)cc2)ccc1=O. The van der Waals surface area contributed by atoms with Gasteiger partial charge in [-0.15, -0.1) is 0 Å². The highest BCUT2D eigenvalue weighted by Crippen LogP contribution is 2.26. The number of ether oxygens (including phenoxy) is 2. The van der Waals surface area contributed by atoms with Crippen LogP contribution in [0.1, 0.15) is 24.9 Å². The van der Waals surface area contributed by atoms with Crippen molar-refractivity contribution < 1.29 is 14.3 Å². The first-order valence-electron chi connectivity index (χ1n) is 9.66. The zero-order valence-corrected chi connectivity index (χ0v) is 17.5. The highest BCUT2D eigenvalue weighted by Gasteiger charge is 2.22. The minimum atomic E-state index is -0.764. The summed E-state index contributed by atoms with van der Waals surface area (Å²) >= 11 is 0. The van der Waals surface area contributed by atoms with E-state index in [0.29, 0.717) is 29.3 Å². The number of aromatic nitrogens is 2. The maximum absolute atomic E-state index is 13.0. The number of hydrogen-bond donors (Lipinski definition) is 1. The molecule has 0 saturated carbocycles. The van der Waals surface area contributed by atoms with Crippen LogP contribution in [-0.4, -0.2) is 29.9 Å². The fourth-order valence-corrected chi connectivity index (χ4v) is 3.10. The summed E-state index contributed by atoms with van der Waals surface area (Å²) in [5, 5.41) is 7.30. The molecule has 7 nitrogen and oxygen atoms in total. The standard InChI is InChI=1S/C23H25N3O4/c1-5-21(23(28)24-17-12-18(29-3)14-19(13-17)30-4)26-22(27)11-10-20(25-26)16-8-6-15(2)7-9-16/h6-14,21H,5H2,1-4H3,(H,24,28). The zero-order valence-electron chi connectivity index (χ0n) is 17.5. The van der Waals surface area contributed by atoms with E-state index in [4.69, 9.17) is 9.47 Å². The van der Waals surface area contributed by atoms with E-state index in [1.807, 2.05) is 38.1 Å². The minimum absolute atomic E-state index is 0.337. The Labute approximate surface area is 175 Å². The average molecular weight is 407 g/mol. The van der Waals surface area contributed by atoms with E-state index in [0.717, 1.165) is 11.1 Å². The fourth-order valence-electron chi connectivity index (χ4n) is 3.10. The molecule has 0 radical (unpaired) electrons. The van der Waals surface area contributed by atoms with Gasteiger partial charge in [0.25, 0.3) is 5.56 Å². The van der Waals surface area contributed by atoms with Gasteiger partial charge in [0.15, 0.2) is 0 Å². The smallest absolute Gasteiger partial charge is 0.267 e. The summed E-state index contributed by atoms with van der Waals surface area (Å²) in [6.45, 7) is 3.84. The summed E-state index contributed by atoms with van der Waals surface area (Å²) < 4.78 is 11.7. The molecule has 2 aromatic carbocycles. The van der Waals surface area contributed by atoms with E-state index < -0.39 is 6.04 Å². The van der Waals surface area contributed by atoms with Gasteiger partial charge in [0.05, 0.1) is 19.9 Å². The molecule has 1 heterocycles. The Balaban J connectivity index is 1.92. The number of anilines is 1. The zero-order chi connectivity index (χ0) is 21.7. The van der Waals surface area contributed by atoms with E-state index in [1.165, 1.54) is 25.0 Å². The molecular formula is C23H25N3O4. The molecule has 1 aromatic heterocycles. The van der Waals surface area contributed by atoms with Gasteiger partial charge < -0.3 is 14.8 Å². The first-order valence-corrected chi connectivity index (χ1v) is 9.66. The first-order chi connectivity index (χ1) is 14.4. The molecule has 0 spiro atoms. The second-order valence-corrected chi connectivity index (χ2v) is 6.88. The van der Waals surface area contributed by atoms with Crippen molar-refractivity contribution in [2.75, 3.05) is 19.5 Å². The third-order valence-corrected chi connectivity index (χ3v) is 4.78. The Bertz CT molecular complexity index is 1070. The van der Waals surface area contributed by atoms with Gasteiger partial charge in [0.1, 0.15) is 17.5 Å². The van der Waals surface area contributed by atoms with Crippen molar-refractivity contribution in [2.45, 2.75) is 26.3 Å². The maximum Gasteiger partial charge on any atom is 0.267 e. The van der Waals surface area contributed by atoms with E-state index >= 15 is 0 Å². The Morgan fingerprint density at radius 1 is 1.03 bits per heavy atom. The fraction of sp³-hybridized carbons (Fsp3) is 0.261. The Morgan fingerprint density at radius 2 is 1.67 bits per heavy atom. The first kappa shape index (κ1) is 21.1. The van der Waals surface area contributed by atoms with E-state index in [2.05, 4.69) is 10.4 Å². The number of rotatable bonds is 7. The number of nitrogens with one attached hydrogen (secondary N) is 1. The molecular weight excluding hydrogens is 382 g/mol. The Morgan fingerprint density at radius 3 is 2.23 bits per heavy atom. The highest BCUT2D eigenvalue weighted by atomic mass is 16.5. The van der Waals surface area contributed by atoms with E-state index in [1.54, 1.807) is 24.3 Å². The molecule has 156 valence electrons. The largest absolute Gasteiger partial charge is 0.497 e. The van der Waals surface area contributed by atoms with Gasteiger partial charge in [0, 0.05) is 35.5 Å². The van der Waals surface area contributed by atoms with Crippen LogP contribution in [0.2, 0.25) is 0 Å². The predicted octanol–water partition coefficient (Wildman–Crippen LogP) is 3.83. The predicted molar refractivity (Wildman–Crippen MR) is 116 cm³/mol. The van der Waals surface area contributed by atoms with E-state index in [-0.39, 0.29) is 11.5 Å². The Hall–Kier alpha value is -3.61. The molecule has 0 aliphatic rings.